The molecule has 2 aromatic carbocycles. The zero-order valence-corrected chi connectivity index (χ0v) is 18.3. The Kier molecular flexibility index (Phi) is 6.35. The Morgan fingerprint density at radius 3 is 2.27 bits per heavy atom. The van der Waals surface area contributed by atoms with E-state index < -0.39 is 0 Å². The van der Waals surface area contributed by atoms with Crippen LogP contribution in [0.4, 0.5) is 5.13 Å². The van der Waals surface area contributed by atoms with Gasteiger partial charge in [0.1, 0.15) is 0 Å². The van der Waals surface area contributed by atoms with Crippen molar-refractivity contribution in [3.63, 3.8) is 0 Å². The van der Waals surface area contributed by atoms with E-state index in [2.05, 4.69) is 14.2 Å². The van der Waals surface area contributed by atoms with Crippen molar-refractivity contribution in [3.8, 4) is 28.6 Å². The number of ether oxygens (including phenoxy) is 3. The number of anilines is 1. The normalized spacial score (nSPS) is 14.6. The van der Waals surface area contributed by atoms with Crippen LogP contribution in [0.15, 0.2) is 42.5 Å². The molecule has 0 saturated carbocycles. The van der Waals surface area contributed by atoms with Gasteiger partial charge in [0.05, 0.1) is 21.3 Å². The summed E-state index contributed by atoms with van der Waals surface area (Å²) >= 11 is 1.47. The highest BCUT2D eigenvalue weighted by molar-refractivity contribution is 7.09. The summed E-state index contributed by atoms with van der Waals surface area (Å²) in [4.78, 5) is 9.47. The molecule has 7 nitrogen and oxygen atoms in total. The van der Waals surface area contributed by atoms with Gasteiger partial charge in [-0.25, -0.2) is 0 Å². The molecule has 1 saturated heterocycles. The molecule has 0 bridgehead atoms. The van der Waals surface area contributed by atoms with E-state index in [1.54, 1.807) is 21.3 Å². The Bertz CT molecular complexity index is 972. The first-order valence-electron chi connectivity index (χ1n) is 9.87. The van der Waals surface area contributed by atoms with Gasteiger partial charge in [0.2, 0.25) is 10.9 Å². The van der Waals surface area contributed by atoms with Crippen molar-refractivity contribution in [1.29, 1.82) is 0 Å². The van der Waals surface area contributed by atoms with Crippen LogP contribution in [-0.2, 0) is 6.54 Å². The Morgan fingerprint density at radius 2 is 1.60 bits per heavy atom. The van der Waals surface area contributed by atoms with Crippen LogP contribution >= 0.6 is 11.5 Å². The van der Waals surface area contributed by atoms with E-state index in [9.17, 15) is 0 Å². The molecule has 0 atom stereocenters. The molecule has 4 rings (SSSR count). The van der Waals surface area contributed by atoms with Crippen LogP contribution < -0.4 is 19.1 Å². The number of benzene rings is 2. The second-order valence-electron chi connectivity index (χ2n) is 7.02. The minimum atomic E-state index is 0.637. The molecule has 0 amide bonds. The molecular formula is C22H26N4O3S. The number of hydrogen-bond acceptors (Lipinski definition) is 8. The van der Waals surface area contributed by atoms with Gasteiger partial charge in [0, 0.05) is 55.4 Å². The SMILES string of the molecule is COc1ccc(CN2CCN(c3nc(-c4ccccc4)ns3)CC2)c(OC)c1OC. The molecule has 1 aliphatic rings. The molecule has 2 heterocycles. The number of rotatable bonds is 7. The summed E-state index contributed by atoms with van der Waals surface area (Å²) in [6.45, 7) is 4.51. The molecule has 0 unspecified atom stereocenters. The van der Waals surface area contributed by atoms with E-state index in [4.69, 9.17) is 19.2 Å². The van der Waals surface area contributed by atoms with Gasteiger partial charge in [-0.2, -0.15) is 9.36 Å². The number of nitrogens with zero attached hydrogens (tertiary/aromatic N) is 4. The van der Waals surface area contributed by atoms with Crippen molar-refractivity contribution >= 4 is 16.7 Å². The predicted molar refractivity (Wildman–Crippen MR) is 119 cm³/mol. The summed E-state index contributed by atoms with van der Waals surface area (Å²) in [5, 5.41) is 0.984. The van der Waals surface area contributed by atoms with Gasteiger partial charge in [-0.05, 0) is 6.07 Å². The summed E-state index contributed by atoms with van der Waals surface area (Å²) in [5.41, 5.74) is 2.14. The molecule has 0 N–H and O–H groups in total. The van der Waals surface area contributed by atoms with Crippen LogP contribution in [0.1, 0.15) is 5.56 Å². The summed E-state index contributed by atoms with van der Waals surface area (Å²) < 4.78 is 21.1. The number of piperazine rings is 1. The lowest BCUT2D eigenvalue weighted by Crippen LogP contribution is -2.46. The first kappa shape index (κ1) is 20.4. The van der Waals surface area contributed by atoms with Crippen LogP contribution in [0.5, 0.6) is 17.2 Å². The fourth-order valence-electron chi connectivity index (χ4n) is 3.67. The fourth-order valence-corrected chi connectivity index (χ4v) is 4.41. The Morgan fingerprint density at radius 1 is 0.867 bits per heavy atom. The largest absolute Gasteiger partial charge is 0.493 e. The maximum atomic E-state index is 5.63. The molecular weight excluding hydrogens is 400 g/mol. The van der Waals surface area contributed by atoms with Crippen LogP contribution in [-0.4, -0.2) is 61.8 Å². The highest BCUT2D eigenvalue weighted by Crippen LogP contribution is 2.40. The smallest absolute Gasteiger partial charge is 0.205 e. The molecule has 1 fully saturated rings. The molecule has 158 valence electrons. The van der Waals surface area contributed by atoms with Crippen LogP contribution in [0, 0.1) is 0 Å². The third kappa shape index (κ3) is 4.20. The molecule has 30 heavy (non-hydrogen) atoms. The van der Waals surface area contributed by atoms with E-state index >= 15 is 0 Å². The fraction of sp³-hybridized carbons (Fsp3) is 0.364. The van der Waals surface area contributed by atoms with Crippen molar-refractivity contribution in [3.05, 3.63) is 48.0 Å². The third-order valence-electron chi connectivity index (χ3n) is 5.27. The number of aromatic nitrogens is 2. The minimum Gasteiger partial charge on any atom is -0.493 e. The average Bonchev–Trinajstić information content (AvgIpc) is 3.30. The van der Waals surface area contributed by atoms with Crippen molar-refractivity contribution in [2.45, 2.75) is 6.54 Å². The van der Waals surface area contributed by atoms with E-state index in [1.165, 1.54) is 11.5 Å². The van der Waals surface area contributed by atoms with Gasteiger partial charge in [0.25, 0.3) is 0 Å². The topological polar surface area (TPSA) is 60.0 Å². The lowest BCUT2D eigenvalue weighted by atomic mass is 10.1. The standard InChI is InChI=1S/C22H26N4O3S/c1-27-18-10-9-17(19(28-2)20(18)29-3)15-25-11-13-26(14-12-25)22-23-21(24-30-22)16-7-5-4-6-8-16/h4-10H,11-15H2,1-3H3. The summed E-state index contributed by atoms with van der Waals surface area (Å²) in [5.74, 6) is 2.84. The van der Waals surface area contributed by atoms with Crippen molar-refractivity contribution in [2.75, 3.05) is 52.4 Å². The Hall–Kier alpha value is -2.84. The highest BCUT2D eigenvalue weighted by atomic mass is 32.1. The Labute approximate surface area is 181 Å². The van der Waals surface area contributed by atoms with Crippen molar-refractivity contribution in [2.24, 2.45) is 0 Å². The number of hydrogen-bond donors (Lipinski definition) is 0. The quantitative estimate of drug-likeness (QED) is 0.573. The van der Waals surface area contributed by atoms with Gasteiger partial charge in [-0.1, -0.05) is 36.4 Å². The van der Waals surface area contributed by atoms with E-state index in [-0.39, 0.29) is 0 Å². The maximum Gasteiger partial charge on any atom is 0.205 e. The zero-order valence-electron chi connectivity index (χ0n) is 17.5. The molecule has 1 aromatic heterocycles. The molecule has 0 aliphatic carbocycles. The van der Waals surface area contributed by atoms with Crippen LogP contribution in [0.3, 0.4) is 0 Å². The lowest BCUT2D eigenvalue weighted by molar-refractivity contribution is 0.243. The minimum absolute atomic E-state index is 0.637. The molecule has 1 aliphatic heterocycles. The van der Waals surface area contributed by atoms with E-state index in [0.717, 1.165) is 60.6 Å². The first-order chi connectivity index (χ1) is 14.7. The monoisotopic (exact) mass is 426 g/mol. The maximum absolute atomic E-state index is 5.63. The molecule has 3 aromatic rings. The number of methoxy groups -OCH3 is 3. The third-order valence-corrected chi connectivity index (χ3v) is 6.05. The summed E-state index contributed by atoms with van der Waals surface area (Å²) in [6, 6.07) is 14.1. The zero-order chi connectivity index (χ0) is 20.9. The average molecular weight is 427 g/mol. The summed E-state index contributed by atoms with van der Waals surface area (Å²) in [7, 11) is 4.93. The van der Waals surface area contributed by atoms with Gasteiger partial charge in [0.15, 0.2) is 17.3 Å². The van der Waals surface area contributed by atoms with Gasteiger partial charge < -0.3 is 19.1 Å². The van der Waals surface area contributed by atoms with E-state index in [1.807, 2.05) is 42.5 Å². The van der Waals surface area contributed by atoms with Crippen molar-refractivity contribution < 1.29 is 14.2 Å². The van der Waals surface area contributed by atoms with Gasteiger partial charge >= 0.3 is 0 Å². The summed E-state index contributed by atoms with van der Waals surface area (Å²) in [6.07, 6.45) is 0. The Balaban J connectivity index is 1.40. The second kappa shape index (κ2) is 9.32. The highest BCUT2D eigenvalue weighted by Gasteiger charge is 2.23. The van der Waals surface area contributed by atoms with Gasteiger partial charge in [-0.15, -0.1) is 0 Å². The lowest BCUT2D eigenvalue weighted by Gasteiger charge is -2.34. The molecule has 0 spiro atoms. The first-order valence-corrected chi connectivity index (χ1v) is 10.6. The second-order valence-corrected chi connectivity index (χ2v) is 7.75. The van der Waals surface area contributed by atoms with Gasteiger partial charge in [-0.3, -0.25) is 4.90 Å². The molecule has 8 heteroatoms. The van der Waals surface area contributed by atoms with E-state index in [0.29, 0.717) is 11.5 Å². The van der Waals surface area contributed by atoms with Crippen LogP contribution in [0.2, 0.25) is 0 Å². The molecule has 0 radical (unpaired) electrons. The van der Waals surface area contributed by atoms with Crippen LogP contribution in [0.25, 0.3) is 11.4 Å². The predicted octanol–water partition coefficient (Wildman–Crippen LogP) is 3.55. The van der Waals surface area contributed by atoms with Crippen molar-refractivity contribution in [1.82, 2.24) is 14.3 Å².